The highest BCUT2D eigenvalue weighted by Crippen LogP contribution is 1.93. The lowest BCUT2D eigenvalue weighted by Crippen LogP contribution is -2.29. The Balaban J connectivity index is 2.56. The number of carbonyl (C=O) groups is 1. The van der Waals surface area contributed by atoms with E-state index in [9.17, 15) is 4.79 Å². The number of rotatable bonds is 4. The van der Waals surface area contributed by atoms with E-state index in [0.717, 1.165) is 5.06 Å². The third-order valence-electron chi connectivity index (χ3n) is 1.72. The van der Waals surface area contributed by atoms with Crippen molar-refractivity contribution in [2.75, 3.05) is 14.2 Å². The highest BCUT2D eigenvalue weighted by Gasteiger charge is 2.09. The smallest absolute Gasteiger partial charge is 0.267 e. The molecule has 14 heavy (non-hydrogen) atoms. The van der Waals surface area contributed by atoms with Crippen LogP contribution < -0.4 is 5.73 Å². The van der Waals surface area contributed by atoms with Crippen LogP contribution in [0.15, 0.2) is 6.20 Å². The summed E-state index contributed by atoms with van der Waals surface area (Å²) in [6.45, 7) is 0.408. The molecular formula is C7H13N5O2. The van der Waals surface area contributed by atoms with E-state index < -0.39 is 0 Å². The summed E-state index contributed by atoms with van der Waals surface area (Å²) in [7, 11) is 2.95. The van der Waals surface area contributed by atoms with Crippen LogP contribution in [0.3, 0.4) is 0 Å². The molecule has 0 saturated heterocycles. The Morgan fingerprint density at radius 2 is 2.50 bits per heavy atom. The summed E-state index contributed by atoms with van der Waals surface area (Å²) >= 11 is 0. The van der Waals surface area contributed by atoms with E-state index in [1.54, 1.807) is 6.20 Å². The van der Waals surface area contributed by atoms with Crippen molar-refractivity contribution in [2.45, 2.75) is 13.1 Å². The first-order valence-electron chi connectivity index (χ1n) is 4.07. The maximum absolute atomic E-state index is 11.3. The molecule has 0 unspecified atom stereocenters. The van der Waals surface area contributed by atoms with Crippen LogP contribution in [0.1, 0.15) is 5.69 Å². The molecule has 0 aliphatic heterocycles. The van der Waals surface area contributed by atoms with Gasteiger partial charge in [0.2, 0.25) is 0 Å². The van der Waals surface area contributed by atoms with Gasteiger partial charge < -0.3 is 5.73 Å². The highest BCUT2D eigenvalue weighted by molar-refractivity contribution is 5.74. The van der Waals surface area contributed by atoms with Crippen LogP contribution >= 0.6 is 0 Å². The van der Waals surface area contributed by atoms with Gasteiger partial charge in [-0.15, -0.1) is 5.10 Å². The fraction of sp³-hybridized carbons (Fsp3) is 0.571. The second-order valence-corrected chi connectivity index (χ2v) is 2.69. The number of nitrogens with two attached hydrogens (primary N) is 1. The lowest BCUT2D eigenvalue weighted by atomic mass is 10.5. The monoisotopic (exact) mass is 199 g/mol. The van der Waals surface area contributed by atoms with Crippen LogP contribution in [-0.4, -0.2) is 40.1 Å². The molecule has 0 atom stereocenters. The Labute approximate surface area is 81.4 Å². The average Bonchev–Trinajstić information content (AvgIpc) is 2.64. The summed E-state index contributed by atoms with van der Waals surface area (Å²) in [5.74, 6) is -0.207. The molecule has 0 radical (unpaired) electrons. The maximum atomic E-state index is 11.3. The van der Waals surface area contributed by atoms with Gasteiger partial charge in [-0.2, -0.15) is 0 Å². The SMILES string of the molecule is CON(C)C(=O)Cn1cc(CN)nn1. The Bertz CT molecular complexity index is 311. The van der Waals surface area contributed by atoms with Gasteiger partial charge in [-0.1, -0.05) is 5.21 Å². The molecule has 0 bridgehead atoms. The van der Waals surface area contributed by atoms with Gasteiger partial charge in [0.1, 0.15) is 6.54 Å². The Morgan fingerprint density at radius 1 is 1.79 bits per heavy atom. The molecule has 7 heteroatoms. The highest BCUT2D eigenvalue weighted by atomic mass is 16.7. The quantitative estimate of drug-likeness (QED) is 0.613. The molecule has 1 aromatic rings. The van der Waals surface area contributed by atoms with Crippen molar-refractivity contribution in [1.29, 1.82) is 0 Å². The fourth-order valence-electron chi connectivity index (χ4n) is 0.849. The Morgan fingerprint density at radius 3 is 3.00 bits per heavy atom. The van der Waals surface area contributed by atoms with Crippen molar-refractivity contribution in [3.05, 3.63) is 11.9 Å². The Kier molecular flexibility index (Phi) is 3.55. The maximum Gasteiger partial charge on any atom is 0.267 e. The largest absolute Gasteiger partial charge is 0.325 e. The number of nitrogens with zero attached hydrogens (tertiary/aromatic N) is 4. The van der Waals surface area contributed by atoms with Crippen LogP contribution in [0.4, 0.5) is 0 Å². The zero-order chi connectivity index (χ0) is 10.6. The van der Waals surface area contributed by atoms with Crippen LogP contribution in [0.5, 0.6) is 0 Å². The summed E-state index contributed by atoms with van der Waals surface area (Å²) < 4.78 is 1.42. The lowest BCUT2D eigenvalue weighted by Gasteiger charge is -2.12. The number of aromatic nitrogens is 3. The minimum atomic E-state index is -0.207. The van der Waals surface area contributed by atoms with E-state index in [-0.39, 0.29) is 12.5 Å². The number of carbonyl (C=O) groups excluding carboxylic acids is 1. The van der Waals surface area contributed by atoms with Crippen molar-refractivity contribution in [3.8, 4) is 0 Å². The third-order valence-corrected chi connectivity index (χ3v) is 1.72. The number of amides is 1. The van der Waals surface area contributed by atoms with Gasteiger partial charge in [-0.3, -0.25) is 9.63 Å². The standard InChI is InChI=1S/C7H13N5O2/c1-11(14-2)7(13)5-12-4-6(3-8)9-10-12/h4H,3,5,8H2,1-2H3. The molecule has 0 spiro atoms. The van der Waals surface area contributed by atoms with Crippen molar-refractivity contribution >= 4 is 5.91 Å². The van der Waals surface area contributed by atoms with E-state index in [0.29, 0.717) is 12.2 Å². The molecule has 0 saturated carbocycles. The zero-order valence-electron chi connectivity index (χ0n) is 8.17. The van der Waals surface area contributed by atoms with E-state index in [1.807, 2.05) is 0 Å². The fourth-order valence-corrected chi connectivity index (χ4v) is 0.849. The second kappa shape index (κ2) is 4.68. The third kappa shape index (κ3) is 2.51. The summed E-state index contributed by atoms with van der Waals surface area (Å²) in [5.41, 5.74) is 5.99. The molecule has 78 valence electrons. The van der Waals surface area contributed by atoms with Crippen molar-refractivity contribution in [3.63, 3.8) is 0 Å². The van der Waals surface area contributed by atoms with Gasteiger partial charge in [-0.25, -0.2) is 9.75 Å². The van der Waals surface area contributed by atoms with Gasteiger partial charge in [0.15, 0.2) is 0 Å². The Hall–Kier alpha value is -1.47. The number of hydrogen-bond donors (Lipinski definition) is 1. The van der Waals surface area contributed by atoms with Gasteiger partial charge in [0.05, 0.1) is 19.0 Å². The van der Waals surface area contributed by atoms with E-state index in [4.69, 9.17) is 10.6 Å². The van der Waals surface area contributed by atoms with Gasteiger partial charge >= 0.3 is 0 Å². The average molecular weight is 199 g/mol. The molecule has 1 heterocycles. The van der Waals surface area contributed by atoms with E-state index >= 15 is 0 Å². The first kappa shape index (κ1) is 10.6. The summed E-state index contributed by atoms with van der Waals surface area (Å²) in [5, 5.41) is 8.61. The molecule has 0 aromatic carbocycles. The number of hydroxylamine groups is 2. The first-order chi connectivity index (χ1) is 6.67. The normalized spacial score (nSPS) is 10.2. The minimum absolute atomic E-state index is 0.0946. The predicted molar refractivity (Wildman–Crippen MR) is 47.7 cm³/mol. The number of likely N-dealkylation sites (N-methyl/N-ethyl adjacent to an activating group) is 1. The zero-order valence-corrected chi connectivity index (χ0v) is 8.17. The van der Waals surface area contributed by atoms with Crippen molar-refractivity contribution in [1.82, 2.24) is 20.1 Å². The van der Waals surface area contributed by atoms with Crippen LogP contribution in [-0.2, 0) is 22.7 Å². The summed E-state index contributed by atoms with van der Waals surface area (Å²) in [6.07, 6.45) is 1.63. The minimum Gasteiger partial charge on any atom is -0.325 e. The molecule has 0 fully saturated rings. The molecule has 1 aromatic heterocycles. The van der Waals surface area contributed by atoms with Gasteiger partial charge in [-0.05, 0) is 0 Å². The molecule has 1 amide bonds. The topological polar surface area (TPSA) is 86.3 Å². The predicted octanol–water partition coefficient (Wildman–Crippen LogP) is -1.24. The lowest BCUT2D eigenvalue weighted by molar-refractivity contribution is -0.169. The van der Waals surface area contributed by atoms with Crippen molar-refractivity contribution < 1.29 is 9.63 Å². The molecule has 0 aliphatic rings. The molecule has 2 N–H and O–H groups in total. The molecule has 7 nitrogen and oxygen atoms in total. The van der Waals surface area contributed by atoms with Crippen LogP contribution in [0.25, 0.3) is 0 Å². The molecular weight excluding hydrogens is 186 g/mol. The molecule has 1 rings (SSSR count). The van der Waals surface area contributed by atoms with E-state index in [2.05, 4.69) is 10.3 Å². The number of hydrogen-bond acceptors (Lipinski definition) is 5. The van der Waals surface area contributed by atoms with Crippen LogP contribution in [0.2, 0.25) is 0 Å². The van der Waals surface area contributed by atoms with Crippen LogP contribution in [0, 0.1) is 0 Å². The van der Waals surface area contributed by atoms with E-state index in [1.165, 1.54) is 18.8 Å². The first-order valence-corrected chi connectivity index (χ1v) is 4.07. The van der Waals surface area contributed by atoms with Crippen molar-refractivity contribution in [2.24, 2.45) is 5.73 Å². The van der Waals surface area contributed by atoms with Gasteiger partial charge in [0, 0.05) is 13.6 Å². The summed E-state index contributed by atoms with van der Waals surface area (Å²) in [6, 6.07) is 0. The molecule has 0 aliphatic carbocycles. The second-order valence-electron chi connectivity index (χ2n) is 2.69. The summed E-state index contributed by atoms with van der Waals surface area (Å²) in [4.78, 5) is 16.0. The van der Waals surface area contributed by atoms with Gasteiger partial charge in [0.25, 0.3) is 5.91 Å².